The van der Waals surface area contributed by atoms with E-state index in [0.29, 0.717) is 23.3 Å². The Labute approximate surface area is 256 Å². The zero-order valence-electron chi connectivity index (χ0n) is 24.5. The summed E-state index contributed by atoms with van der Waals surface area (Å²) >= 11 is 0. The molecule has 2 aromatic rings. The van der Waals surface area contributed by atoms with Crippen LogP contribution in [0.3, 0.4) is 0 Å². The quantitative estimate of drug-likeness (QED) is 0.486. The van der Waals surface area contributed by atoms with Crippen LogP contribution in [0.25, 0.3) is 0 Å². The molecule has 42 heavy (non-hydrogen) atoms. The van der Waals surface area contributed by atoms with Crippen molar-refractivity contribution in [2.75, 3.05) is 58.6 Å². The van der Waals surface area contributed by atoms with Crippen LogP contribution in [0.5, 0.6) is 0 Å². The van der Waals surface area contributed by atoms with E-state index in [1.807, 2.05) is 21.9 Å². The highest BCUT2D eigenvalue weighted by atomic mass is 35.5. The van der Waals surface area contributed by atoms with E-state index in [0.717, 1.165) is 90.0 Å². The zero-order valence-corrected chi connectivity index (χ0v) is 26.1. The summed E-state index contributed by atoms with van der Waals surface area (Å²) in [7, 11) is -3.23. The third kappa shape index (κ3) is 6.33. The molecule has 10 heteroatoms. The van der Waals surface area contributed by atoms with Gasteiger partial charge in [0.05, 0.1) is 10.3 Å². The van der Waals surface area contributed by atoms with Crippen molar-refractivity contribution in [1.82, 2.24) is 19.6 Å². The molecule has 3 amide bonds. The van der Waals surface area contributed by atoms with Gasteiger partial charge in [0.1, 0.15) is 0 Å². The van der Waals surface area contributed by atoms with Crippen LogP contribution in [-0.4, -0.2) is 98.6 Å². The number of hydrogen-bond acceptors (Lipinski definition) is 5. The predicted molar refractivity (Wildman–Crippen MR) is 165 cm³/mol. The molecule has 2 aromatic carbocycles. The number of hydrogen-bond donors (Lipinski definition) is 0. The Morgan fingerprint density at radius 3 is 2.14 bits per heavy atom. The summed E-state index contributed by atoms with van der Waals surface area (Å²) in [6.07, 6.45) is 6.04. The molecule has 2 unspecified atom stereocenters. The van der Waals surface area contributed by atoms with Gasteiger partial charge in [-0.3, -0.25) is 4.79 Å². The van der Waals surface area contributed by atoms with E-state index in [1.165, 1.54) is 11.8 Å². The average molecular weight is 615 g/mol. The number of likely N-dealkylation sites (tertiary alicyclic amines) is 4. The van der Waals surface area contributed by atoms with E-state index in [2.05, 4.69) is 40.1 Å². The largest absolute Gasteiger partial charge is 0.338 e. The molecule has 0 aliphatic carbocycles. The molecular formula is C32H43ClN4O4S. The Balaban J connectivity index is 0.00000353. The minimum absolute atomic E-state index is 0. The van der Waals surface area contributed by atoms with E-state index in [9.17, 15) is 18.0 Å². The lowest BCUT2D eigenvalue weighted by Gasteiger charge is -2.39. The maximum absolute atomic E-state index is 13.6. The summed E-state index contributed by atoms with van der Waals surface area (Å²) < 4.78 is 23.6. The third-order valence-corrected chi connectivity index (χ3v) is 11.1. The summed E-state index contributed by atoms with van der Waals surface area (Å²) in [6.45, 7) is 7.35. The first kappa shape index (κ1) is 30.8. The fraction of sp³-hybridized carbons (Fsp3) is 0.562. The fourth-order valence-corrected chi connectivity index (χ4v) is 8.09. The highest BCUT2D eigenvalue weighted by Crippen LogP contribution is 2.43. The molecule has 4 fully saturated rings. The molecule has 2 atom stereocenters. The van der Waals surface area contributed by atoms with Gasteiger partial charge < -0.3 is 19.6 Å². The van der Waals surface area contributed by atoms with Crippen molar-refractivity contribution in [3.63, 3.8) is 0 Å². The summed E-state index contributed by atoms with van der Waals surface area (Å²) in [5.41, 5.74) is 1.99. The molecule has 6 rings (SSSR count). The topological polar surface area (TPSA) is 81.2 Å². The molecule has 4 aliphatic heterocycles. The number of benzene rings is 2. The first-order valence-electron chi connectivity index (χ1n) is 15.1. The standard InChI is InChI=1S/C32H42N4O4S.ClH/c1-41(39,40)28-11-9-25(10-12-28)21-35-20-15-32(30(35)37)13-18-33(19-14-32)22-27-23-36(31(38)34-16-5-6-17-34)24-29(27)26-7-3-2-4-8-26;/h2-4,7-12,27,29H,5-6,13-24H2,1H3;1H. The highest BCUT2D eigenvalue weighted by Gasteiger charge is 2.48. The second-order valence-corrected chi connectivity index (χ2v) is 14.6. The molecule has 0 radical (unpaired) electrons. The normalized spacial score (nSPS) is 24.4. The van der Waals surface area contributed by atoms with Crippen LogP contribution in [0.1, 0.15) is 49.1 Å². The van der Waals surface area contributed by atoms with Gasteiger partial charge >= 0.3 is 6.03 Å². The lowest BCUT2D eigenvalue weighted by atomic mass is 9.76. The van der Waals surface area contributed by atoms with Gasteiger partial charge in [-0.25, -0.2) is 13.2 Å². The van der Waals surface area contributed by atoms with Gasteiger partial charge in [0.25, 0.3) is 0 Å². The first-order valence-corrected chi connectivity index (χ1v) is 17.0. The van der Waals surface area contributed by atoms with Gasteiger partial charge in [0, 0.05) is 58.0 Å². The van der Waals surface area contributed by atoms with E-state index < -0.39 is 9.84 Å². The molecule has 1 spiro atoms. The lowest BCUT2D eigenvalue weighted by Crippen LogP contribution is -2.46. The van der Waals surface area contributed by atoms with Gasteiger partial charge in [-0.2, -0.15) is 0 Å². The predicted octanol–water partition coefficient (Wildman–Crippen LogP) is 4.26. The van der Waals surface area contributed by atoms with Gasteiger partial charge in [-0.1, -0.05) is 42.5 Å². The molecule has 4 aliphatic rings. The molecule has 0 aromatic heterocycles. The molecule has 4 saturated heterocycles. The maximum Gasteiger partial charge on any atom is 0.320 e. The van der Waals surface area contributed by atoms with Crippen LogP contribution in [-0.2, 0) is 21.2 Å². The third-order valence-electron chi connectivity index (χ3n) is 9.95. The van der Waals surface area contributed by atoms with Crippen molar-refractivity contribution in [3.8, 4) is 0 Å². The van der Waals surface area contributed by atoms with Crippen LogP contribution >= 0.6 is 12.4 Å². The van der Waals surface area contributed by atoms with Crippen LogP contribution < -0.4 is 0 Å². The van der Waals surface area contributed by atoms with Crippen molar-refractivity contribution >= 4 is 34.2 Å². The van der Waals surface area contributed by atoms with E-state index >= 15 is 0 Å². The minimum Gasteiger partial charge on any atom is -0.338 e. The molecular weight excluding hydrogens is 572 g/mol. The Morgan fingerprint density at radius 1 is 0.857 bits per heavy atom. The second kappa shape index (κ2) is 12.5. The van der Waals surface area contributed by atoms with Gasteiger partial charge in [0.2, 0.25) is 5.91 Å². The molecule has 0 bridgehead atoms. The van der Waals surface area contributed by atoms with E-state index in [4.69, 9.17) is 0 Å². The summed E-state index contributed by atoms with van der Waals surface area (Å²) in [6, 6.07) is 17.7. The molecule has 0 saturated carbocycles. The first-order chi connectivity index (χ1) is 19.7. The Morgan fingerprint density at radius 2 is 1.50 bits per heavy atom. The second-order valence-electron chi connectivity index (χ2n) is 12.6. The number of carbonyl (C=O) groups is 2. The highest BCUT2D eigenvalue weighted by molar-refractivity contribution is 7.90. The van der Waals surface area contributed by atoms with E-state index in [1.54, 1.807) is 12.1 Å². The monoisotopic (exact) mass is 614 g/mol. The lowest BCUT2D eigenvalue weighted by molar-refractivity contribution is -0.139. The maximum atomic E-state index is 13.6. The summed E-state index contributed by atoms with van der Waals surface area (Å²) in [5, 5.41) is 0. The number of urea groups is 1. The summed E-state index contributed by atoms with van der Waals surface area (Å²) in [4.78, 5) is 35.8. The number of carbonyl (C=O) groups excluding carboxylic acids is 2. The van der Waals surface area contributed by atoms with Crippen LogP contribution in [0, 0.1) is 11.3 Å². The molecule has 0 N–H and O–H groups in total. The fourth-order valence-electron chi connectivity index (χ4n) is 7.46. The van der Waals surface area contributed by atoms with Crippen LogP contribution in [0.15, 0.2) is 59.5 Å². The average Bonchev–Trinajstić information content (AvgIpc) is 3.72. The molecule has 228 valence electrons. The van der Waals surface area contributed by atoms with Crippen molar-refractivity contribution < 1.29 is 18.0 Å². The van der Waals surface area contributed by atoms with Crippen molar-refractivity contribution in [2.45, 2.75) is 49.5 Å². The van der Waals surface area contributed by atoms with Crippen LogP contribution in [0.4, 0.5) is 4.79 Å². The van der Waals surface area contributed by atoms with Gasteiger partial charge in [-0.15, -0.1) is 12.4 Å². The Hall–Kier alpha value is -2.62. The van der Waals surface area contributed by atoms with Gasteiger partial charge in [0.15, 0.2) is 9.84 Å². The van der Waals surface area contributed by atoms with Crippen molar-refractivity contribution in [2.24, 2.45) is 11.3 Å². The Kier molecular flexibility index (Phi) is 9.21. The number of rotatable bonds is 6. The minimum atomic E-state index is -3.23. The molecule has 8 nitrogen and oxygen atoms in total. The number of sulfone groups is 1. The number of amides is 3. The van der Waals surface area contributed by atoms with E-state index in [-0.39, 0.29) is 29.8 Å². The molecule has 4 heterocycles. The number of nitrogens with zero attached hydrogens (tertiary/aromatic N) is 4. The van der Waals surface area contributed by atoms with Crippen molar-refractivity contribution in [3.05, 3.63) is 65.7 Å². The Bertz CT molecular complexity index is 1360. The SMILES string of the molecule is CS(=O)(=O)c1ccc(CN2CCC3(CCN(CC4CN(C(=O)N5CCCC5)CC4c4ccccc4)CC3)C2=O)cc1.Cl. The zero-order chi connectivity index (χ0) is 28.6. The van der Waals surface area contributed by atoms with Crippen LogP contribution in [0.2, 0.25) is 0 Å². The van der Waals surface area contributed by atoms with Crippen molar-refractivity contribution in [1.29, 1.82) is 0 Å². The number of piperidine rings is 1. The smallest absolute Gasteiger partial charge is 0.320 e. The van der Waals surface area contributed by atoms with Gasteiger partial charge in [-0.05, 0) is 74.4 Å². The summed E-state index contributed by atoms with van der Waals surface area (Å²) in [5.74, 6) is 0.953. The number of halogens is 1.